The highest BCUT2D eigenvalue weighted by molar-refractivity contribution is 6.33. The first-order valence-corrected chi connectivity index (χ1v) is 7.88. The first-order chi connectivity index (χ1) is 11.4. The van der Waals surface area contributed by atoms with Crippen LogP contribution in [0.25, 0.3) is 0 Å². The van der Waals surface area contributed by atoms with Crippen molar-refractivity contribution in [3.8, 4) is 0 Å². The van der Waals surface area contributed by atoms with E-state index >= 15 is 0 Å². The van der Waals surface area contributed by atoms with Crippen LogP contribution in [0.4, 0.5) is 23.1 Å². The van der Waals surface area contributed by atoms with Gasteiger partial charge in [-0.25, -0.2) is 9.97 Å². The third-order valence-electron chi connectivity index (χ3n) is 3.41. The zero-order valence-electron chi connectivity index (χ0n) is 13.9. The average Bonchev–Trinajstić information content (AvgIpc) is 2.87. The molecule has 0 aliphatic rings. The summed E-state index contributed by atoms with van der Waals surface area (Å²) in [7, 11) is 0. The van der Waals surface area contributed by atoms with Gasteiger partial charge in [0.1, 0.15) is 23.2 Å². The van der Waals surface area contributed by atoms with Gasteiger partial charge in [-0.15, -0.1) is 0 Å². The number of rotatable bonds is 4. The summed E-state index contributed by atoms with van der Waals surface area (Å²) < 4.78 is 5.05. The van der Waals surface area contributed by atoms with Gasteiger partial charge in [-0.05, 0) is 44.9 Å². The zero-order chi connectivity index (χ0) is 17.3. The fourth-order valence-electron chi connectivity index (χ4n) is 2.45. The van der Waals surface area contributed by atoms with Gasteiger partial charge in [0, 0.05) is 12.1 Å². The third-order valence-corrected chi connectivity index (χ3v) is 3.70. The predicted molar refractivity (Wildman–Crippen MR) is 95.5 cm³/mol. The van der Waals surface area contributed by atoms with E-state index in [1.54, 1.807) is 12.1 Å². The molecule has 2 N–H and O–H groups in total. The number of anilines is 4. The fourth-order valence-corrected chi connectivity index (χ4v) is 2.82. The molecule has 6 nitrogen and oxygen atoms in total. The van der Waals surface area contributed by atoms with Crippen LogP contribution < -0.4 is 10.6 Å². The van der Waals surface area contributed by atoms with Gasteiger partial charge in [-0.2, -0.15) is 0 Å². The lowest BCUT2D eigenvalue weighted by atomic mass is 10.1. The zero-order valence-corrected chi connectivity index (χ0v) is 14.7. The summed E-state index contributed by atoms with van der Waals surface area (Å²) in [6, 6.07) is 7.58. The van der Waals surface area contributed by atoms with Crippen molar-refractivity contribution in [2.24, 2.45) is 0 Å². The minimum absolute atomic E-state index is 0.598. The van der Waals surface area contributed by atoms with Gasteiger partial charge < -0.3 is 15.2 Å². The van der Waals surface area contributed by atoms with E-state index in [1.807, 2.05) is 33.8 Å². The Morgan fingerprint density at radius 1 is 0.875 bits per heavy atom. The van der Waals surface area contributed by atoms with Crippen LogP contribution in [0.15, 0.2) is 28.8 Å². The quantitative estimate of drug-likeness (QED) is 0.706. The molecule has 0 saturated heterocycles. The molecule has 3 rings (SSSR count). The van der Waals surface area contributed by atoms with E-state index in [0.717, 1.165) is 22.6 Å². The highest BCUT2D eigenvalue weighted by Gasteiger charge is 2.09. The summed E-state index contributed by atoms with van der Waals surface area (Å²) in [4.78, 5) is 8.78. The maximum absolute atomic E-state index is 6.35. The minimum Gasteiger partial charge on any atom is -0.360 e. The number of nitrogens with one attached hydrogen (secondary N) is 2. The Balaban J connectivity index is 1.89. The number of benzene rings is 1. The molecule has 0 spiro atoms. The van der Waals surface area contributed by atoms with Crippen LogP contribution in [0.1, 0.15) is 22.7 Å². The van der Waals surface area contributed by atoms with Crippen molar-refractivity contribution in [1.29, 1.82) is 0 Å². The molecule has 0 aliphatic heterocycles. The summed E-state index contributed by atoms with van der Waals surface area (Å²) in [6.45, 7) is 7.68. The molecule has 0 radical (unpaired) electrons. The molecule has 0 atom stereocenters. The van der Waals surface area contributed by atoms with Crippen molar-refractivity contribution in [2.45, 2.75) is 27.7 Å². The number of halogens is 1. The van der Waals surface area contributed by atoms with Crippen molar-refractivity contribution in [3.63, 3.8) is 0 Å². The predicted octanol–water partition coefficient (Wildman–Crippen LogP) is 4.84. The van der Waals surface area contributed by atoms with E-state index in [1.165, 1.54) is 0 Å². The van der Waals surface area contributed by atoms with Crippen molar-refractivity contribution in [2.75, 3.05) is 10.6 Å². The summed E-state index contributed by atoms with van der Waals surface area (Å²) in [6.07, 6.45) is 0. The monoisotopic (exact) mass is 343 g/mol. The Morgan fingerprint density at radius 3 is 2.21 bits per heavy atom. The first-order valence-electron chi connectivity index (χ1n) is 7.50. The molecule has 24 heavy (non-hydrogen) atoms. The van der Waals surface area contributed by atoms with Crippen LogP contribution >= 0.6 is 11.6 Å². The molecule has 0 saturated carbocycles. The van der Waals surface area contributed by atoms with Gasteiger partial charge in [0.25, 0.3) is 0 Å². The third kappa shape index (κ3) is 3.65. The molecule has 7 heteroatoms. The van der Waals surface area contributed by atoms with Crippen molar-refractivity contribution >= 4 is 34.7 Å². The molecular formula is C17H18ClN5O. The second kappa shape index (κ2) is 6.49. The second-order valence-corrected chi connectivity index (χ2v) is 6.10. The summed E-state index contributed by atoms with van der Waals surface area (Å²) in [5.74, 6) is 3.23. The van der Waals surface area contributed by atoms with Crippen LogP contribution in [-0.4, -0.2) is 15.1 Å². The number of aryl methyl sites for hydroxylation is 4. The van der Waals surface area contributed by atoms with E-state index < -0.39 is 0 Å². The molecule has 0 unspecified atom stereocenters. The second-order valence-electron chi connectivity index (χ2n) is 5.70. The smallest absolute Gasteiger partial charge is 0.175 e. The molecule has 124 valence electrons. The van der Waals surface area contributed by atoms with Gasteiger partial charge in [-0.3, -0.25) is 0 Å². The summed E-state index contributed by atoms with van der Waals surface area (Å²) in [5.41, 5.74) is 3.01. The molecule has 2 aromatic heterocycles. The Bertz CT molecular complexity index is 867. The number of hydrogen-bond acceptors (Lipinski definition) is 6. The number of aromatic nitrogens is 3. The SMILES string of the molecule is Cc1cc(C)c(Nc2cc(Nc3cc(C)on3)nc(C)n2)c(Cl)c1. The molecule has 1 aromatic carbocycles. The normalized spacial score (nSPS) is 10.7. The van der Waals surface area contributed by atoms with Gasteiger partial charge in [0.05, 0.1) is 10.7 Å². The van der Waals surface area contributed by atoms with Gasteiger partial charge in [0.2, 0.25) is 0 Å². The molecule has 0 amide bonds. The van der Waals surface area contributed by atoms with Crippen LogP contribution in [0, 0.1) is 27.7 Å². The number of nitrogens with zero attached hydrogens (tertiary/aromatic N) is 3. The first kappa shape index (κ1) is 16.3. The van der Waals surface area contributed by atoms with Crippen LogP contribution in [-0.2, 0) is 0 Å². The van der Waals surface area contributed by atoms with E-state index in [9.17, 15) is 0 Å². The van der Waals surface area contributed by atoms with Crippen molar-refractivity contribution in [3.05, 3.63) is 52.0 Å². The Kier molecular flexibility index (Phi) is 4.40. The summed E-state index contributed by atoms with van der Waals surface area (Å²) in [5, 5.41) is 10.9. The summed E-state index contributed by atoms with van der Waals surface area (Å²) >= 11 is 6.35. The van der Waals surface area contributed by atoms with E-state index in [2.05, 4.69) is 31.8 Å². The van der Waals surface area contributed by atoms with E-state index in [4.69, 9.17) is 16.1 Å². The number of hydrogen-bond donors (Lipinski definition) is 2. The van der Waals surface area contributed by atoms with E-state index in [0.29, 0.717) is 28.3 Å². The maximum Gasteiger partial charge on any atom is 0.175 e. The highest BCUT2D eigenvalue weighted by Crippen LogP contribution is 2.30. The maximum atomic E-state index is 6.35. The lowest BCUT2D eigenvalue weighted by Gasteiger charge is -2.13. The van der Waals surface area contributed by atoms with Crippen LogP contribution in [0.2, 0.25) is 5.02 Å². The molecule has 2 heterocycles. The molecule has 0 aliphatic carbocycles. The van der Waals surface area contributed by atoms with Gasteiger partial charge >= 0.3 is 0 Å². The Morgan fingerprint density at radius 2 is 1.58 bits per heavy atom. The minimum atomic E-state index is 0.598. The average molecular weight is 344 g/mol. The standard InChI is InChI=1S/C17H18ClN5O/c1-9-5-10(2)17(13(18)6-9)22-15-8-14(19-12(4)20-15)21-16-7-11(3)24-23-16/h5-8H,1-4H3,(H2,19,20,21,22,23). The topological polar surface area (TPSA) is 75.9 Å². The molecule has 0 bridgehead atoms. The Hall–Kier alpha value is -2.60. The van der Waals surface area contributed by atoms with Crippen molar-refractivity contribution < 1.29 is 4.52 Å². The largest absolute Gasteiger partial charge is 0.360 e. The fraction of sp³-hybridized carbons (Fsp3) is 0.235. The highest BCUT2D eigenvalue weighted by atomic mass is 35.5. The van der Waals surface area contributed by atoms with Crippen LogP contribution in [0.3, 0.4) is 0 Å². The van der Waals surface area contributed by atoms with Crippen molar-refractivity contribution in [1.82, 2.24) is 15.1 Å². The molecule has 0 fully saturated rings. The molecule has 3 aromatic rings. The lowest BCUT2D eigenvalue weighted by Crippen LogP contribution is -2.03. The van der Waals surface area contributed by atoms with E-state index in [-0.39, 0.29) is 0 Å². The molecular weight excluding hydrogens is 326 g/mol. The lowest BCUT2D eigenvalue weighted by molar-refractivity contribution is 0.400. The van der Waals surface area contributed by atoms with Crippen LogP contribution in [0.5, 0.6) is 0 Å². The van der Waals surface area contributed by atoms with Gasteiger partial charge in [0.15, 0.2) is 5.82 Å². The Labute approximate surface area is 145 Å². The van der Waals surface area contributed by atoms with Gasteiger partial charge in [-0.1, -0.05) is 22.8 Å².